The topological polar surface area (TPSA) is 208 Å². The predicted molar refractivity (Wildman–Crippen MR) is 114 cm³/mol. The summed E-state index contributed by atoms with van der Waals surface area (Å²) in [5.74, 6) is -9.34. The van der Waals surface area contributed by atoms with Crippen LogP contribution in [-0.2, 0) is 9.59 Å². The highest BCUT2D eigenvalue weighted by molar-refractivity contribution is 6.25. The molecule has 4 rings (SSSR count). The van der Waals surface area contributed by atoms with Crippen LogP contribution in [0.25, 0.3) is 0 Å². The van der Waals surface area contributed by atoms with E-state index >= 15 is 0 Å². The number of carbonyl (C=O) groups is 3. The molecule has 3 aliphatic carbocycles. The maximum Gasteiger partial charge on any atom is 0.255 e. The third-order valence-electron chi connectivity index (χ3n) is 7.16. The number of aliphatic hydroxyl groups excluding tert-OH is 3. The van der Waals surface area contributed by atoms with Crippen molar-refractivity contribution in [3.8, 4) is 5.75 Å². The van der Waals surface area contributed by atoms with Crippen molar-refractivity contribution in [3.63, 3.8) is 0 Å². The Morgan fingerprint density at radius 3 is 2.30 bits per heavy atom. The van der Waals surface area contributed by atoms with E-state index in [1.807, 2.05) is 0 Å². The van der Waals surface area contributed by atoms with Gasteiger partial charge in [0.15, 0.2) is 11.4 Å². The molecule has 0 fully saturated rings. The number of nitrogens with two attached hydrogens (primary N) is 2. The van der Waals surface area contributed by atoms with Crippen molar-refractivity contribution in [2.75, 3.05) is 19.8 Å². The number of primary amides is 1. The molecule has 0 saturated heterocycles. The number of hydrogen-bond donors (Lipinski definition) is 7. The van der Waals surface area contributed by atoms with Crippen LogP contribution in [0.4, 0.5) is 5.69 Å². The lowest BCUT2D eigenvalue weighted by atomic mass is 9.55. The molecule has 33 heavy (non-hydrogen) atoms. The lowest BCUT2D eigenvalue weighted by Crippen LogP contribution is -2.68. The number of anilines is 1. The minimum Gasteiger partial charge on any atom is -0.510 e. The second-order valence-electron chi connectivity index (χ2n) is 9.02. The smallest absolute Gasteiger partial charge is 0.255 e. The van der Waals surface area contributed by atoms with Gasteiger partial charge < -0.3 is 37.0 Å². The molecule has 11 nitrogen and oxygen atoms in total. The van der Waals surface area contributed by atoms with Crippen molar-refractivity contribution < 1.29 is 39.9 Å². The number of benzene rings is 1. The van der Waals surface area contributed by atoms with E-state index in [-0.39, 0.29) is 11.3 Å². The van der Waals surface area contributed by atoms with Gasteiger partial charge in [-0.3, -0.25) is 19.3 Å². The van der Waals surface area contributed by atoms with Crippen LogP contribution in [0.3, 0.4) is 0 Å². The Morgan fingerprint density at radius 2 is 1.76 bits per heavy atom. The molecule has 0 saturated carbocycles. The fraction of sp³-hybridized carbons (Fsp3) is 0.409. The average Bonchev–Trinajstić information content (AvgIpc) is 2.72. The van der Waals surface area contributed by atoms with E-state index < -0.39 is 81.4 Å². The Hall–Kier alpha value is -3.41. The first kappa shape index (κ1) is 22.8. The number of phenols is 1. The normalized spacial score (nSPS) is 33.7. The first-order chi connectivity index (χ1) is 15.3. The molecule has 0 aromatic heterocycles. The van der Waals surface area contributed by atoms with E-state index in [1.54, 1.807) is 6.92 Å². The number of ketones is 2. The highest BCUT2D eigenvalue weighted by Gasteiger charge is 2.67. The Kier molecular flexibility index (Phi) is 4.86. The molecule has 0 aliphatic heterocycles. The third-order valence-corrected chi connectivity index (χ3v) is 7.16. The second-order valence-corrected chi connectivity index (χ2v) is 9.02. The molecule has 1 aromatic carbocycles. The van der Waals surface area contributed by atoms with Crippen molar-refractivity contribution in [3.05, 3.63) is 45.9 Å². The minimum absolute atomic E-state index is 0.0916. The highest BCUT2D eigenvalue weighted by atomic mass is 16.4. The predicted octanol–water partition coefficient (Wildman–Crippen LogP) is -0.765. The Morgan fingerprint density at radius 1 is 1.15 bits per heavy atom. The average molecular weight is 459 g/mol. The number of Topliss-reactive ketones (excluding diaryl/α,β-unsaturated/α-hetero) is 2. The lowest BCUT2D eigenvalue weighted by Gasteiger charge is -2.53. The van der Waals surface area contributed by atoms with Crippen molar-refractivity contribution >= 4 is 23.2 Å². The van der Waals surface area contributed by atoms with Gasteiger partial charge in [0, 0.05) is 11.5 Å². The van der Waals surface area contributed by atoms with Crippen LogP contribution >= 0.6 is 0 Å². The molecule has 1 aromatic rings. The van der Waals surface area contributed by atoms with Gasteiger partial charge in [0.25, 0.3) is 5.91 Å². The summed E-state index contributed by atoms with van der Waals surface area (Å²) in [5, 5.41) is 55.3. The quantitative estimate of drug-likeness (QED) is 0.167. The van der Waals surface area contributed by atoms with Gasteiger partial charge in [-0.05, 0) is 31.6 Å². The van der Waals surface area contributed by atoms with Crippen LogP contribution in [0.15, 0.2) is 34.8 Å². The number of rotatable bonds is 2. The van der Waals surface area contributed by atoms with Crippen LogP contribution in [0.1, 0.15) is 28.8 Å². The van der Waals surface area contributed by atoms with E-state index in [9.17, 15) is 39.9 Å². The number of likely N-dealkylation sites (N-methyl/N-ethyl adjacent to an activating group) is 1. The van der Waals surface area contributed by atoms with E-state index in [1.165, 1.54) is 31.1 Å². The van der Waals surface area contributed by atoms with Gasteiger partial charge in [-0.2, -0.15) is 0 Å². The van der Waals surface area contributed by atoms with Gasteiger partial charge in [-0.15, -0.1) is 0 Å². The standard InChI is InChI=1S/C22H25N3O8/c1-6-7-4-5-8(23)15(26)10(7)16(27)11-9(6)17(28)13-14(25(2)3)18(29)12(21(24)32)20(31)22(13,33)19(11)30/h4-6,9,13-14,17,26,28-30,33H,23H2,1-3H3,(H2,24,32)/t6-,9+,13+,14+,17+,22-/m0/s1. The number of hydrogen-bond acceptors (Lipinski definition) is 10. The number of amides is 1. The Bertz CT molecular complexity index is 1190. The zero-order valence-electron chi connectivity index (χ0n) is 18.1. The maximum atomic E-state index is 13.4. The first-order valence-electron chi connectivity index (χ1n) is 10.2. The molecule has 3 aliphatic rings. The van der Waals surface area contributed by atoms with Gasteiger partial charge in [0.2, 0.25) is 5.78 Å². The summed E-state index contributed by atoms with van der Waals surface area (Å²) in [6, 6.07) is 1.63. The SMILES string of the molecule is C[C@H]1c2ccc(N)c(O)c2C(=O)C2=C(O)[C@]3(O)C(=O)C(C(N)=O)=C(O)[C@H](N(C)C)[C@@H]3[C@H](O)[C@@H]21. The molecule has 0 unspecified atom stereocenters. The van der Waals surface area contributed by atoms with Gasteiger partial charge in [0.05, 0.1) is 29.3 Å². The number of phenolic OH excluding ortho intramolecular Hbond substituents is 1. The second kappa shape index (κ2) is 7.04. The molecule has 176 valence electrons. The van der Waals surface area contributed by atoms with Crippen molar-refractivity contribution in [1.29, 1.82) is 0 Å². The van der Waals surface area contributed by atoms with Crippen LogP contribution in [0.5, 0.6) is 5.75 Å². The molecule has 1 amide bonds. The Balaban J connectivity index is 2.07. The molecule has 6 atom stereocenters. The highest BCUT2D eigenvalue weighted by Crippen LogP contribution is 2.55. The molecular weight excluding hydrogens is 434 g/mol. The molecular formula is C22H25N3O8. The first-order valence-corrected chi connectivity index (χ1v) is 10.2. The molecule has 9 N–H and O–H groups in total. The molecule has 0 spiro atoms. The summed E-state index contributed by atoms with van der Waals surface area (Å²) in [5.41, 5.74) is 6.72. The van der Waals surface area contributed by atoms with Gasteiger partial charge in [-0.1, -0.05) is 13.0 Å². The fourth-order valence-corrected chi connectivity index (χ4v) is 5.64. The fourth-order valence-electron chi connectivity index (χ4n) is 5.64. The van der Waals surface area contributed by atoms with Crippen LogP contribution in [0.2, 0.25) is 0 Å². The summed E-state index contributed by atoms with van der Waals surface area (Å²) in [7, 11) is 2.95. The van der Waals surface area contributed by atoms with Crippen molar-refractivity contribution in [2.24, 2.45) is 17.6 Å². The van der Waals surface area contributed by atoms with E-state index in [0.717, 1.165) is 0 Å². The summed E-state index contributed by atoms with van der Waals surface area (Å²) in [6.45, 7) is 1.65. The summed E-state index contributed by atoms with van der Waals surface area (Å²) >= 11 is 0. The van der Waals surface area contributed by atoms with E-state index in [2.05, 4.69) is 0 Å². The molecule has 11 heteroatoms. The molecule has 0 heterocycles. The maximum absolute atomic E-state index is 13.4. The zero-order valence-corrected chi connectivity index (χ0v) is 18.1. The van der Waals surface area contributed by atoms with E-state index in [0.29, 0.717) is 5.56 Å². The third kappa shape index (κ3) is 2.63. The van der Waals surface area contributed by atoms with Gasteiger partial charge in [-0.25, -0.2) is 0 Å². The lowest BCUT2D eigenvalue weighted by molar-refractivity contribution is -0.162. The molecule has 0 bridgehead atoms. The van der Waals surface area contributed by atoms with E-state index in [4.69, 9.17) is 11.5 Å². The summed E-state index contributed by atoms with van der Waals surface area (Å²) in [6.07, 6.45) is -1.62. The van der Waals surface area contributed by atoms with Crippen molar-refractivity contribution in [1.82, 2.24) is 4.90 Å². The van der Waals surface area contributed by atoms with Crippen molar-refractivity contribution in [2.45, 2.75) is 30.6 Å². The largest absolute Gasteiger partial charge is 0.510 e. The number of aromatic hydroxyl groups is 1. The number of carbonyl (C=O) groups excluding carboxylic acids is 3. The number of nitrogen functional groups attached to an aromatic ring is 1. The number of nitrogens with zero attached hydrogens (tertiary/aromatic N) is 1. The van der Waals surface area contributed by atoms with Gasteiger partial charge in [0.1, 0.15) is 22.8 Å². The number of fused-ring (bicyclic) bond motifs is 3. The number of aliphatic hydroxyl groups is 4. The summed E-state index contributed by atoms with van der Waals surface area (Å²) < 4.78 is 0. The monoisotopic (exact) mass is 459 g/mol. The van der Waals surface area contributed by atoms with Gasteiger partial charge >= 0.3 is 0 Å². The Labute approximate surface area is 188 Å². The summed E-state index contributed by atoms with van der Waals surface area (Å²) in [4.78, 5) is 40.0. The van der Waals surface area contributed by atoms with Crippen LogP contribution < -0.4 is 11.5 Å². The minimum atomic E-state index is -2.93. The van der Waals surface area contributed by atoms with Crippen LogP contribution in [0, 0.1) is 11.8 Å². The molecule has 0 radical (unpaired) electrons. The zero-order chi connectivity index (χ0) is 24.7. The van der Waals surface area contributed by atoms with Crippen LogP contribution in [-0.4, -0.2) is 79.7 Å².